The van der Waals surface area contributed by atoms with Crippen molar-refractivity contribution >= 4 is 0 Å². The van der Waals surface area contributed by atoms with Crippen LogP contribution in [0.25, 0.3) is 0 Å². The van der Waals surface area contributed by atoms with Crippen molar-refractivity contribution in [3.63, 3.8) is 0 Å². The third kappa shape index (κ3) is 7.38. The van der Waals surface area contributed by atoms with Crippen LogP contribution >= 0.6 is 0 Å². The summed E-state index contributed by atoms with van der Waals surface area (Å²) in [5.41, 5.74) is 0.333. The molecule has 0 nitrogen and oxygen atoms in total. The highest BCUT2D eigenvalue weighted by atomic mass is 14.1. The molecule has 0 aromatic carbocycles. The average molecular weight is 154 g/mol. The van der Waals surface area contributed by atoms with Crippen LogP contribution in [0.4, 0.5) is 0 Å². The second kappa shape index (κ2) is 7.59. The summed E-state index contributed by atoms with van der Waals surface area (Å²) < 4.78 is 0. The van der Waals surface area contributed by atoms with Crippen molar-refractivity contribution in [3.8, 4) is 0 Å². The summed E-state index contributed by atoms with van der Waals surface area (Å²) in [6.07, 6.45) is 8.54. The van der Waals surface area contributed by atoms with Gasteiger partial charge in [-0.1, -0.05) is 65.8 Å². The van der Waals surface area contributed by atoms with Gasteiger partial charge in [0.1, 0.15) is 0 Å². The number of hydrogen-bond acceptors (Lipinski definition) is 0. The van der Waals surface area contributed by atoms with Crippen LogP contribution in [0, 0.1) is 5.41 Å². The third-order valence-corrected chi connectivity index (χ3v) is 1.16. The van der Waals surface area contributed by atoms with E-state index in [0.29, 0.717) is 5.41 Å². The second-order valence-corrected chi connectivity index (χ2v) is 2.54. The van der Waals surface area contributed by atoms with Gasteiger partial charge >= 0.3 is 0 Å². The number of rotatable bonds is 0. The monoisotopic (exact) mass is 154 g/mol. The van der Waals surface area contributed by atoms with E-state index in [0.717, 1.165) is 0 Å². The summed E-state index contributed by atoms with van der Waals surface area (Å²) >= 11 is 0. The highest BCUT2D eigenvalue weighted by Gasteiger charge is 2.09. The highest BCUT2D eigenvalue weighted by Crippen LogP contribution is 2.22. The SMILES string of the molecule is CC.CC.CC1(C)C=CC=C1. The van der Waals surface area contributed by atoms with Crippen molar-refractivity contribution in [2.45, 2.75) is 41.5 Å². The molecular formula is C11H22. The zero-order valence-electron chi connectivity index (χ0n) is 8.81. The van der Waals surface area contributed by atoms with Crippen molar-refractivity contribution < 1.29 is 0 Å². The molecule has 0 unspecified atom stereocenters. The zero-order valence-corrected chi connectivity index (χ0v) is 8.81. The first kappa shape index (κ1) is 13.1. The first-order chi connectivity index (χ1) is 5.21. The van der Waals surface area contributed by atoms with Gasteiger partial charge in [0, 0.05) is 5.41 Å². The molecule has 1 rings (SSSR count). The maximum atomic E-state index is 2.19. The molecule has 0 aliphatic heterocycles. The molecule has 0 heteroatoms. The first-order valence-corrected chi connectivity index (χ1v) is 4.58. The molecule has 0 radical (unpaired) electrons. The quantitative estimate of drug-likeness (QED) is 0.490. The summed E-state index contributed by atoms with van der Waals surface area (Å²) in [6, 6.07) is 0. The predicted octanol–water partition coefficient (Wildman–Crippen LogP) is 4.19. The molecule has 0 fully saturated rings. The lowest BCUT2D eigenvalue weighted by Crippen LogP contribution is -1.97. The fourth-order valence-electron chi connectivity index (χ4n) is 0.663. The fraction of sp³-hybridized carbons (Fsp3) is 0.636. The maximum absolute atomic E-state index is 2.19. The van der Waals surface area contributed by atoms with E-state index in [9.17, 15) is 0 Å². The van der Waals surface area contributed by atoms with Gasteiger partial charge in [-0.3, -0.25) is 0 Å². The number of hydrogen-bond donors (Lipinski definition) is 0. The van der Waals surface area contributed by atoms with Gasteiger partial charge in [-0.25, -0.2) is 0 Å². The maximum Gasteiger partial charge on any atom is 0.00106 e. The summed E-state index contributed by atoms with van der Waals surface area (Å²) in [4.78, 5) is 0. The minimum Gasteiger partial charge on any atom is -0.0751 e. The van der Waals surface area contributed by atoms with E-state index < -0.39 is 0 Å². The molecule has 0 N–H and O–H groups in total. The minimum absolute atomic E-state index is 0.333. The Morgan fingerprint density at radius 1 is 0.727 bits per heavy atom. The van der Waals surface area contributed by atoms with E-state index in [1.165, 1.54) is 0 Å². The van der Waals surface area contributed by atoms with E-state index in [1.807, 2.05) is 27.7 Å². The normalized spacial score (nSPS) is 16.2. The van der Waals surface area contributed by atoms with Gasteiger partial charge in [-0.15, -0.1) is 0 Å². The summed E-state index contributed by atoms with van der Waals surface area (Å²) in [5.74, 6) is 0. The van der Waals surface area contributed by atoms with E-state index in [2.05, 4.69) is 38.2 Å². The largest absolute Gasteiger partial charge is 0.0751 e. The first-order valence-electron chi connectivity index (χ1n) is 4.58. The van der Waals surface area contributed by atoms with Crippen LogP contribution in [0.2, 0.25) is 0 Å². The molecule has 0 saturated heterocycles. The van der Waals surface area contributed by atoms with Crippen molar-refractivity contribution in [2.24, 2.45) is 5.41 Å². The van der Waals surface area contributed by atoms with Crippen molar-refractivity contribution in [1.82, 2.24) is 0 Å². The molecule has 0 saturated carbocycles. The van der Waals surface area contributed by atoms with Crippen molar-refractivity contribution in [2.75, 3.05) is 0 Å². The lowest BCUT2D eigenvalue weighted by molar-refractivity contribution is 0.636. The van der Waals surface area contributed by atoms with Gasteiger partial charge in [0.25, 0.3) is 0 Å². The molecule has 0 aromatic heterocycles. The van der Waals surface area contributed by atoms with Gasteiger partial charge < -0.3 is 0 Å². The Balaban J connectivity index is 0. The van der Waals surface area contributed by atoms with Gasteiger partial charge in [-0.05, 0) is 0 Å². The van der Waals surface area contributed by atoms with Gasteiger partial charge in [0.15, 0.2) is 0 Å². The van der Waals surface area contributed by atoms with Crippen molar-refractivity contribution in [1.29, 1.82) is 0 Å². The molecule has 0 bridgehead atoms. The molecule has 1 aliphatic rings. The molecule has 1 aliphatic carbocycles. The number of allylic oxidation sites excluding steroid dienone is 4. The Morgan fingerprint density at radius 3 is 1.09 bits per heavy atom. The molecule has 11 heavy (non-hydrogen) atoms. The molecule has 0 spiro atoms. The third-order valence-electron chi connectivity index (χ3n) is 1.16. The lowest BCUT2D eigenvalue weighted by Gasteiger charge is -2.08. The Bertz CT molecular complexity index is 102. The second-order valence-electron chi connectivity index (χ2n) is 2.54. The zero-order chi connectivity index (χ0) is 9.33. The molecule has 0 aromatic rings. The average Bonchev–Trinajstić information content (AvgIpc) is 2.43. The Hall–Kier alpha value is -0.520. The Labute approximate surface area is 72.0 Å². The lowest BCUT2D eigenvalue weighted by atomic mass is 9.97. The molecule has 0 atom stereocenters. The Morgan fingerprint density at radius 2 is 1.00 bits per heavy atom. The Kier molecular flexibility index (Phi) is 9.03. The van der Waals surface area contributed by atoms with Gasteiger partial charge in [0.2, 0.25) is 0 Å². The van der Waals surface area contributed by atoms with E-state index in [4.69, 9.17) is 0 Å². The highest BCUT2D eigenvalue weighted by molar-refractivity contribution is 5.21. The topological polar surface area (TPSA) is 0 Å². The van der Waals surface area contributed by atoms with Crippen LogP contribution in [0.3, 0.4) is 0 Å². The molecule has 0 amide bonds. The van der Waals surface area contributed by atoms with Gasteiger partial charge in [0.05, 0.1) is 0 Å². The van der Waals surface area contributed by atoms with Crippen molar-refractivity contribution in [3.05, 3.63) is 24.3 Å². The molecular weight excluding hydrogens is 132 g/mol. The fourth-order valence-corrected chi connectivity index (χ4v) is 0.663. The molecule has 0 heterocycles. The molecule has 66 valence electrons. The van der Waals surface area contributed by atoms with Crippen LogP contribution in [0.15, 0.2) is 24.3 Å². The standard InChI is InChI=1S/C7H10.2C2H6/c1-7(2)5-3-4-6-7;2*1-2/h3-6H,1-2H3;2*1-2H3. The predicted molar refractivity (Wildman–Crippen MR) is 54.8 cm³/mol. The van der Waals surface area contributed by atoms with Crippen LogP contribution in [-0.2, 0) is 0 Å². The van der Waals surface area contributed by atoms with Crippen LogP contribution < -0.4 is 0 Å². The van der Waals surface area contributed by atoms with Crippen LogP contribution in [0.1, 0.15) is 41.5 Å². The van der Waals surface area contributed by atoms with E-state index in [-0.39, 0.29) is 0 Å². The summed E-state index contributed by atoms with van der Waals surface area (Å²) in [7, 11) is 0. The van der Waals surface area contributed by atoms with E-state index in [1.54, 1.807) is 0 Å². The summed E-state index contributed by atoms with van der Waals surface area (Å²) in [5, 5.41) is 0. The smallest absolute Gasteiger partial charge is 0.00106 e. The van der Waals surface area contributed by atoms with Crippen LogP contribution in [0.5, 0.6) is 0 Å². The van der Waals surface area contributed by atoms with Gasteiger partial charge in [-0.2, -0.15) is 0 Å². The minimum atomic E-state index is 0.333. The van der Waals surface area contributed by atoms with Crippen LogP contribution in [-0.4, -0.2) is 0 Å². The van der Waals surface area contributed by atoms with E-state index >= 15 is 0 Å². The summed E-state index contributed by atoms with van der Waals surface area (Å²) in [6.45, 7) is 12.4.